The average Bonchev–Trinajstić information content (AvgIpc) is 3.02. The molecule has 8 nitrogen and oxygen atoms in total. The molecule has 1 aliphatic heterocycles. The van der Waals surface area contributed by atoms with Crippen molar-refractivity contribution >= 4 is 22.7 Å². The summed E-state index contributed by atoms with van der Waals surface area (Å²) in [4.78, 5) is 41.7. The van der Waals surface area contributed by atoms with Crippen LogP contribution in [-0.2, 0) is 17.8 Å². The van der Waals surface area contributed by atoms with E-state index in [4.69, 9.17) is 4.74 Å². The van der Waals surface area contributed by atoms with Gasteiger partial charge in [-0.15, -0.1) is 0 Å². The first kappa shape index (κ1) is 20.5. The number of carbonyl (C=O) groups is 2. The molecule has 9 heteroatoms. The van der Waals surface area contributed by atoms with Gasteiger partial charge >= 0.3 is 0 Å². The van der Waals surface area contributed by atoms with Crippen LogP contribution in [0.5, 0.6) is 5.75 Å². The molecule has 0 radical (unpaired) electrons. The Kier molecular flexibility index (Phi) is 5.92. The zero-order valence-electron chi connectivity index (χ0n) is 16.7. The van der Waals surface area contributed by atoms with Gasteiger partial charge in [-0.05, 0) is 55.3 Å². The second-order valence-corrected chi connectivity index (χ2v) is 7.27. The molecule has 0 spiro atoms. The molecule has 160 valence electrons. The van der Waals surface area contributed by atoms with Crippen molar-refractivity contribution in [1.82, 2.24) is 20.4 Å². The summed E-state index contributed by atoms with van der Waals surface area (Å²) >= 11 is 0. The Hall–Kier alpha value is -3.75. The number of benzene rings is 2. The van der Waals surface area contributed by atoms with Crippen molar-refractivity contribution in [2.45, 2.75) is 32.2 Å². The third kappa shape index (κ3) is 4.71. The standard InChI is InChI=1S/C22H21FN4O4/c23-15-6-8-16(9-7-15)31-13-20(28)25-26-21(29)14-5-10-17-18(12-14)24-19-4-2-1-3-11-27(19)22(17)30/h5-10,12H,1-4,11,13H2,(H,25,28)(H,26,29). The van der Waals surface area contributed by atoms with Gasteiger partial charge in [0.25, 0.3) is 17.4 Å². The summed E-state index contributed by atoms with van der Waals surface area (Å²) in [6.07, 6.45) is 3.71. The van der Waals surface area contributed by atoms with E-state index in [-0.39, 0.29) is 17.7 Å². The molecule has 0 saturated carbocycles. The predicted octanol–water partition coefficient (Wildman–Crippen LogP) is 2.10. The predicted molar refractivity (Wildman–Crippen MR) is 111 cm³/mol. The smallest absolute Gasteiger partial charge is 0.276 e. The summed E-state index contributed by atoms with van der Waals surface area (Å²) in [6, 6.07) is 9.86. The molecule has 31 heavy (non-hydrogen) atoms. The van der Waals surface area contributed by atoms with Gasteiger partial charge in [-0.25, -0.2) is 9.37 Å². The largest absolute Gasteiger partial charge is 0.484 e. The van der Waals surface area contributed by atoms with Gasteiger partial charge in [0, 0.05) is 18.5 Å². The summed E-state index contributed by atoms with van der Waals surface area (Å²) in [5.41, 5.74) is 5.18. The van der Waals surface area contributed by atoms with E-state index in [1.54, 1.807) is 16.7 Å². The van der Waals surface area contributed by atoms with E-state index >= 15 is 0 Å². The number of halogens is 1. The van der Waals surface area contributed by atoms with Crippen LogP contribution in [0.2, 0.25) is 0 Å². The maximum atomic E-state index is 12.9. The Morgan fingerprint density at radius 1 is 1.06 bits per heavy atom. The maximum Gasteiger partial charge on any atom is 0.276 e. The quantitative estimate of drug-likeness (QED) is 0.625. The minimum atomic E-state index is -0.583. The Labute approximate surface area is 177 Å². The summed E-state index contributed by atoms with van der Waals surface area (Å²) < 4.78 is 19.8. The molecule has 0 saturated heterocycles. The van der Waals surface area contributed by atoms with Crippen LogP contribution in [0.1, 0.15) is 35.4 Å². The first-order chi connectivity index (χ1) is 15.0. The van der Waals surface area contributed by atoms with Crippen LogP contribution in [0.4, 0.5) is 4.39 Å². The first-order valence-corrected chi connectivity index (χ1v) is 10.0. The number of hydrogen-bond acceptors (Lipinski definition) is 5. The lowest BCUT2D eigenvalue weighted by molar-refractivity contribution is -0.123. The van der Waals surface area contributed by atoms with Gasteiger partial charge in [0.2, 0.25) is 0 Å². The van der Waals surface area contributed by atoms with E-state index in [0.717, 1.165) is 31.5 Å². The first-order valence-electron chi connectivity index (χ1n) is 10.0. The Morgan fingerprint density at radius 3 is 2.68 bits per heavy atom. The SMILES string of the molecule is O=C(COc1ccc(F)cc1)NNC(=O)c1ccc2c(=O)n3c(nc2c1)CCCCC3. The van der Waals surface area contributed by atoms with Crippen molar-refractivity contribution < 1.29 is 18.7 Å². The van der Waals surface area contributed by atoms with Crippen molar-refractivity contribution in [3.05, 3.63) is 70.0 Å². The lowest BCUT2D eigenvalue weighted by atomic mass is 10.1. The topological polar surface area (TPSA) is 102 Å². The van der Waals surface area contributed by atoms with Gasteiger partial charge in [0.05, 0.1) is 10.9 Å². The van der Waals surface area contributed by atoms with Crippen molar-refractivity contribution in [2.75, 3.05) is 6.61 Å². The summed E-state index contributed by atoms with van der Waals surface area (Å²) in [5.74, 6) is -0.477. The molecular formula is C22H21FN4O4. The number of nitrogens with one attached hydrogen (secondary N) is 2. The van der Waals surface area contributed by atoms with Crippen LogP contribution < -0.4 is 21.1 Å². The molecule has 3 aromatic rings. The third-order valence-electron chi connectivity index (χ3n) is 5.08. The summed E-state index contributed by atoms with van der Waals surface area (Å²) in [6.45, 7) is 0.305. The fraction of sp³-hybridized carbons (Fsp3) is 0.273. The number of ether oxygens (including phenoxy) is 1. The molecular weight excluding hydrogens is 403 g/mol. The second kappa shape index (κ2) is 8.95. The van der Waals surface area contributed by atoms with Crippen molar-refractivity contribution in [3.63, 3.8) is 0 Å². The van der Waals surface area contributed by atoms with E-state index in [1.165, 1.54) is 30.3 Å². The number of rotatable bonds is 4. The number of hydrazine groups is 1. The van der Waals surface area contributed by atoms with E-state index in [9.17, 15) is 18.8 Å². The molecule has 2 heterocycles. The van der Waals surface area contributed by atoms with Crippen LogP contribution in [0.25, 0.3) is 10.9 Å². The Bertz CT molecular complexity index is 1190. The number of aryl methyl sites for hydroxylation is 1. The highest BCUT2D eigenvalue weighted by atomic mass is 19.1. The second-order valence-electron chi connectivity index (χ2n) is 7.27. The fourth-order valence-corrected chi connectivity index (χ4v) is 3.47. The van der Waals surface area contributed by atoms with Crippen molar-refractivity contribution in [2.24, 2.45) is 0 Å². The Balaban J connectivity index is 1.41. The molecule has 0 bridgehead atoms. The summed E-state index contributed by atoms with van der Waals surface area (Å²) in [5, 5.41) is 0.457. The fourth-order valence-electron chi connectivity index (χ4n) is 3.47. The van der Waals surface area contributed by atoms with Crippen LogP contribution in [-0.4, -0.2) is 28.0 Å². The molecule has 4 rings (SSSR count). The molecule has 0 atom stereocenters. The lowest BCUT2D eigenvalue weighted by Gasteiger charge is -2.11. The van der Waals surface area contributed by atoms with Gasteiger partial charge in [-0.2, -0.15) is 0 Å². The number of nitrogens with zero attached hydrogens (tertiary/aromatic N) is 2. The number of amides is 2. The van der Waals surface area contributed by atoms with Crippen LogP contribution in [0.15, 0.2) is 47.3 Å². The number of fused-ring (bicyclic) bond motifs is 2. The highest BCUT2D eigenvalue weighted by molar-refractivity contribution is 5.98. The van der Waals surface area contributed by atoms with Crippen molar-refractivity contribution in [3.8, 4) is 5.75 Å². The number of carbonyl (C=O) groups excluding carboxylic acids is 2. The number of hydrogen-bond donors (Lipinski definition) is 2. The number of aromatic nitrogens is 2. The molecule has 0 unspecified atom stereocenters. The van der Waals surface area contributed by atoms with Crippen molar-refractivity contribution in [1.29, 1.82) is 0 Å². The molecule has 2 aromatic carbocycles. The highest BCUT2D eigenvalue weighted by Gasteiger charge is 2.15. The highest BCUT2D eigenvalue weighted by Crippen LogP contribution is 2.16. The zero-order valence-corrected chi connectivity index (χ0v) is 16.7. The molecule has 2 N–H and O–H groups in total. The van der Waals surface area contributed by atoms with Gasteiger partial charge in [0.1, 0.15) is 17.4 Å². The van der Waals surface area contributed by atoms with Gasteiger partial charge in [0.15, 0.2) is 6.61 Å². The van der Waals surface area contributed by atoms with E-state index in [2.05, 4.69) is 15.8 Å². The van der Waals surface area contributed by atoms with Crippen LogP contribution in [0, 0.1) is 5.82 Å². The minimum absolute atomic E-state index is 0.0971. The summed E-state index contributed by atoms with van der Waals surface area (Å²) in [7, 11) is 0. The van der Waals surface area contributed by atoms with Crippen LogP contribution in [0.3, 0.4) is 0 Å². The van der Waals surface area contributed by atoms with E-state index in [1.807, 2.05) is 0 Å². The Morgan fingerprint density at radius 2 is 1.87 bits per heavy atom. The average molecular weight is 424 g/mol. The van der Waals surface area contributed by atoms with Gasteiger partial charge < -0.3 is 4.74 Å². The molecule has 0 aliphatic carbocycles. The van der Waals surface area contributed by atoms with Gasteiger partial charge in [-0.3, -0.25) is 29.8 Å². The van der Waals surface area contributed by atoms with E-state index < -0.39 is 17.6 Å². The lowest BCUT2D eigenvalue weighted by Crippen LogP contribution is -2.43. The van der Waals surface area contributed by atoms with Crippen LogP contribution >= 0.6 is 0 Å². The molecule has 0 fully saturated rings. The minimum Gasteiger partial charge on any atom is -0.484 e. The zero-order chi connectivity index (χ0) is 21.8. The molecule has 1 aliphatic rings. The monoisotopic (exact) mass is 424 g/mol. The third-order valence-corrected chi connectivity index (χ3v) is 5.08. The normalized spacial score (nSPS) is 13.2. The molecule has 1 aromatic heterocycles. The molecule has 2 amide bonds. The van der Waals surface area contributed by atoms with Gasteiger partial charge in [-0.1, -0.05) is 6.42 Å². The van der Waals surface area contributed by atoms with E-state index in [0.29, 0.717) is 23.2 Å². The maximum absolute atomic E-state index is 12.9.